The van der Waals surface area contributed by atoms with Crippen LogP contribution < -0.4 is 4.72 Å². The smallest absolute Gasteiger partial charge is 0.263 e. The van der Waals surface area contributed by atoms with Crippen molar-refractivity contribution in [3.05, 3.63) is 71.1 Å². The Bertz CT molecular complexity index is 980. The first-order valence-corrected chi connectivity index (χ1v) is 9.04. The van der Waals surface area contributed by atoms with Crippen LogP contribution in [0.2, 0.25) is 10.0 Å². The van der Waals surface area contributed by atoms with Gasteiger partial charge in [0.1, 0.15) is 4.90 Å². The highest BCUT2D eigenvalue weighted by Gasteiger charge is 2.19. The summed E-state index contributed by atoms with van der Waals surface area (Å²) in [6.45, 7) is 0. The fraction of sp³-hybridized carbons (Fsp3) is 0. The zero-order valence-electron chi connectivity index (χ0n) is 12.1. The maximum absolute atomic E-state index is 12.5. The van der Waals surface area contributed by atoms with Crippen molar-refractivity contribution < 1.29 is 8.42 Å². The minimum Gasteiger partial charge on any atom is -0.280 e. The van der Waals surface area contributed by atoms with Gasteiger partial charge in [0, 0.05) is 23.6 Å². The lowest BCUT2D eigenvalue weighted by atomic mass is 10.1. The van der Waals surface area contributed by atoms with Crippen LogP contribution in [0.4, 0.5) is 5.69 Å². The van der Waals surface area contributed by atoms with Crippen LogP contribution in [0.15, 0.2) is 66.0 Å². The minimum absolute atomic E-state index is 0.0169. The molecule has 0 aliphatic carbocycles. The lowest BCUT2D eigenvalue weighted by Gasteiger charge is -2.11. The molecule has 2 aromatic carbocycles. The molecule has 0 aliphatic rings. The Balaban J connectivity index is 1.95. The van der Waals surface area contributed by atoms with Gasteiger partial charge < -0.3 is 0 Å². The van der Waals surface area contributed by atoms with E-state index in [9.17, 15) is 8.42 Å². The zero-order chi connectivity index (χ0) is 17.2. The first-order valence-electron chi connectivity index (χ1n) is 6.81. The van der Waals surface area contributed by atoms with Crippen LogP contribution in [0, 0.1) is 0 Å². The van der Waals surface area contributed by atoms with E-state index in [4.69, 9.17) is 23.2 Å². The molecular weight excluding hydrogens is 369 g/mol. The van der Waals surface area contributed by atoms with Gasteiger partial charge in [-0.25, -0.2) is 8.42 Å². The molecule has 3 rings (SSSR count). The summed E-state index contributed by atoms with van der Waals surface area (Å²) < 4.78 is 27.6. The van der Waals surface area contributed by atoms with E-state index in [2.05, 4.69) is 14.7 Å². The molecule has 0 aliphatic heterocycles. The third kappa shape index (κ3) is 3.51. The monoisotopic (exact) mass is 379 g/mol. The van der Waals surface area contributed by atoms with E-state index in [0.29, 0.717) is 11.4 Å². The molecule has 0 amide bonds. The molecule has 1 heterocycles. The Morgan fingerprint density at radius 1 is 1.00 bits per heavy atom. The van der Waals surface area contributed by atoms with Crippen molar-refractivity contribution in [2.75, 3.05) is 4.72 Å². The summed E-state index contributed by atoms with van der Waals surface area (Å²) in [7, 11) is -3.87. The van der Waals surface area contributed by atoms with Crippen molar-refractivity contribution in [3.63, 3.8) is 0 Å². The molecule has 0 spiro atoms. The molecule has 8 heteroatoms. The Kier molecular flexibility index (Phi) is 4.71. The Morgan fingerprint density at radius 2 is 1.79 bits per heavy atom. The van der Waals surface area contributed by atoms with Crippen LogP contribution in [0.3, 0.4) is 0 Å². The van der Waals surface area contributed by atoms with E-state index >= 15 is 0 Å². The standard InChI is InChI=1S/C16H11Cl2N3O2S/c17-13-5-2-6-15(16(13)18)24(22,23)21-12-4-1-3-11(9-12)14-10-19-7-8-20-14/h1-10,21H. The van der Waals surface area contributed by atoms with Crippen molar-refractivity contribution in [3.8, 4) is 11.3 Å². The van der Waals surface area contributed by atoms with Crippen LogP contribution in [0.1, 0.15) is 0 Å². The second-order valence-electron chi connectivity index (χ2n) is 4.83. The first kappa shape index (κ1) is 16.7. The van der Waals surface area contributed by atoms with Gasteiger partial charge in [-0.15, -0.1) is 0 Å². The summed E-state index contributed by atoms with van der Waals surface area (Å²) in [4.78, 5) is 8.11. The highest BCUT2D eigenvalue weighted by Crippen LogP contribution is 2.30. The van der Waals surface area contributed by atoms with Crippen LogP contribution in [-0.4, -0.2) is 18.4 Å². The molecule has 0 radical (unpaired) electrons. The summed E-state index contributed by atoms with van der Waals surface area (Å²) in [5, 5.41) is 0.157. The third-order valence-corrected chi connectivity index (χ3v) is 5.53. The Morgan fingerprint density at radius 3 is 2.54 bits per heavy atom. The fourth-order valence-electron chi connectivity index (χ4n) is 2.09. The van der Waals surface area contributed by atoms with Gasteiger partial charge in [-0.1, -0.05) is 41.4 Å². The van der Waals surface area contributed by atoms with Crippen molar-refractivity contribution in [1.82, 2.24) is 9.97 Å². The van der Waals surface area contributed by atoms with E-state index in [0.717, 1.165) is 5.56 Å². The third-order valence-electron chi connectivity index (χ3n) is 3.18. The van der Waals surface area contributed by atoms with E-state index in [1.54, 1.807) is 36.8 Å². The highest BCUT2D eigenvalue weighted by molar-refractivity contribution is 7.92. The topological polar surface area (TPSA) is 72.0 Å². The largest absolute Gasteiger partial charge is 0.280 e. The number of hydrogen-bond donors (Lipinski definition) is 1. The Labute approximate surface area is 149 Å². The summed E-state index contributed by atoms with van der Waals surface area (Å²) in [5.41, 5.74) is 1.76. The molecule has 0 unspecified atom stereocenters. The second-order valence-corrected chi connectivity index (χ2v) is 7.26. The lowest BCUT2D eigenvalue weighted by Crippen LogP contribution is -2.13. The number of anilines is 1. The van der Waals surface area contributed by atoms with Crippen LogP contribution in [-0.2, 0) is 10.0 Å². The van der Waals surface area contributed by atoms with Crippen molar-refractivity contribution in [2.24, 2.45) is 0 Å². The lowest BCUT2D eigenvalue weighted by molar-refractivity contribution is 0.601. The minimum atomic E-state index is -3.87. The maximum atomic E-state index is 12.5. The number of aromatic nitrogens is 2. The number of sulfonamides is 1. The molecule has 0 fully saturated rings. The van der Waals surface area contributed by atoms with Gasteiger partial charge in [0.15, 0.2) is 0 Å². The van der Waals surface area contributed by atoms with E-state index in [-0.39, 0.29) is 14.9 Å². The fourth-order valence-corrected chi connectivity index (χ4v) is 3.90. The number of halogens is 2. The normalized spacial score (nSPS) is 11.2. The predicted octanol–water partition coefficient (Wildman–Crippen LogP) is 4.25. The molecular formula is C16H11Cl2N3O2S. The molecule has 122 valence electrons. The van der Waals surface area contributed by atoms with Crippen LogP contribution in [0.5, 0.6) is 0 Å². The second kappa shape index (κ2) is 6.76. The molecule has 0 saturated heterocycles. The zero-order valence-corrected chi connectivity index (χ0v) is 14.5. The number of nitrogens with zero attached hydrogens (tertiary/aromatic N) is 2. The molecule has 0 bridgehead atoms. The van der Waals surface area contributed by atoms with Crippen molar-refractivity contribution in [1.29, 1.82) is 0 Å². The highest BCUT2D eigenvalue weighted by atomic mass is 35.5. The summed E-state index contributed by atoms with van der Waals surface area (Å²) >= 11 is 11.9. The summed E-state index contributed by atoms with van der Waals surface area (Å²) in [5.74, 6) is 0. The van der Waals surface area contributed by atoms with Gasteiger partial charge in [0.25, 0.3) is 10.0 Å². The molecule has 1 aromatic heterocycles. The van der Waals surface area contributed by atoms with E-state index in [1.165, 1.54) is 18.2 Å². The van der Waals surface area contributed by atoms with Crippen LogP contribution >= 0.6 is 23.2 Å². The number of nitrogens with one attached hydrogen (secondary N) is 1. The number of hydrogen-bond acceptors (Lipinski definition) is 4. The molecule has 24 heavy (non-hydrogen) atoms. The van der Waals surface area contributed by atoms with Crippen LogP contribution in [0.25, 0.3) is 11.3 Å². The van der Waals surface area contributed by atoms with Gasteiger partial charge in [-0.3, -0.25) is 14.7 Å². The summed E-state index contributed by atoms with van der Waals surface area (Å²) in [6, 6.07) is 11.3. The number of rotatable bonds is 4. The number of benzene rings is 2. The average Bonchev–Trinajstić information content (AvgIpc) is 2.58. The van der Waals surface area contributed by atoms with E-state index < -0.39 is 10.0 Å². The SMILES string of the molecule is O=S(=O)(Nc1cccc(-c2cnccn2)c1)c1cccc(Cl)c1Cl. The summed E-state index contributed by atoms with van der Waals surface area (Å²) in [6.07, 6.45) is 4.73. The van der Waals surface area contributed by atoms with Gasteiger partial charge in [0.05, 0.1) is 21.9 Å². The molecule has 1 N–H and O–H groups in total. The quantitative estimate of drug-likeness (QED) is 0.735. The van der Waals surface area contributed by atoms with Gasteiger partial charge in [-0.2, -0.15) is 0 Å². The van der Waals surface area contributed by atoms with Crippen molar-refractivity contribution >= 4 is 38.9 Å². The molecule has 5 nitrogen and oxygen atoms in total. The predicted molar refractivity (Wildman–Crippen MR) is 94.7 cm³/mol. The van der Waals surface area contributed by atoms with Crippen molar-refractivity contribution in [2.45, 2.75) is 4.90 Å². The molecule has 0 atom stereocenters. The molecule has 3 aromatic rings. The Hall–Kier alpha value is -2.15. The molecule has 0 saturated carbocycles. The van der Waals surface area contributed by atoms with Gasteiger partial charge in [0.2, 0.25) is 0 Å². The average molecular weight is 380 g/mol. The van der Waals surface area contributed by atoms with Gasteiger partial charge in [-0.05, 0) is 24.3 Å². The first-order chi connectivity index (χ1) is 11.5. The van der Waals surface area contributed by atoms with E-state index in [1.807, 2.05) is 6.07 Å². The van der Waals surface area contributed by atoms with Gasteiger partial charge >= 0.3 is 0 Å². The maximum Gasteiger partial charge on any atom is 0.263 e.